The third kappa shape index (κ3) is 9.10. The summed E-state index contributed by atoms with van der Waals surface area (Å²) in [6, 6.07) is 15.3. The number of halogens is 1. The summed E-state index contributed by atoms with van der Waals surface area (Å²) in [5.74, 6) is 1.98. The number of carbonyl (C=O) groups is 2. The van der Waals surface area contributed by atoms with Crippen LogP contribution in [0.4, 0.5) is 5.13 Å². The van der Waals surface area contributed by atoms with E-state index in [1.165, 1.54) is 14.2 Å². The molecule has 2 heterocycles. The molecule has 2 amide bonds. The first-order valence-corrected chi connectivity index (χ1v) is 18.6. The zero-order valence-corrected chi connectivity index (χ0v) is 29.1. The van der Waals surface area contributed by atoms with Gasteiger partial charge in [0.05, 0.1) is 25.0 Å². The number of hydrogen-bond donors (Lipinski definition) is 2. The minimum absolute atomic E-state index is 0.0298. The summed E-state index contributed by atoms with van der Waals surface area (Å²) in [6.45, 7) is 7.89. The van der Waals surface area contributed by atoms with Gasteiger partial charge in [0.15, 0.2) is 5.17 Å². The summed E-state index contributed by atoms with van der Waals surface area (Å²) in [5.41, 5.74) is 1.71. The molecule has 2 N–H and O–H groups in total. The lowest BCUT2D eigenvalue weighted by Crippen LogP contribution is -2.30. The number of benzene rings is 2. The molecular weight excluding hydrogens is 709 g/mol. The van der Waals surface area contributed by atoms with Crippen molar-refractivity contribution in [3.05, 3.63) is 64.7 Å². The highest BCUT2D eigenvalue weighted by Crippen LogP contribution is 2.43. The summed E-state index contributed by atoms with van der Waals surface area (Å²) < 4.78 is 17.9. The fraction of sp³-hybridized carbons (Fsp3) is 0.438. The first kappa shape index (κ1) is 32.6. The largest absolute Gasteiger partial charge is 0.491 e. The molecule has 1 saturated carbocycles. The van der Waals surface area contributed by atoms with Crippen LogP contribution in [0.3, 0.4) is 0 Å². The van der Waals surface area contributed by atoms with E-state index in [4.69, 9.17) is 12.7 Å². The lowest BCUT2D eigenvalue weighted by Gasteiger charge is -2.27. The van der Waals surface area contributed by atoms with Crippen LogP contribution < -0.4 is 20.1 Å². The maximum absolute atomic E-state index is 12.9. The number of carbonyl (C=O) groups excluding carboxylic acids is 2. The van der Waals surface area contributed by atoms with Crippen LogP contribution in [0.15, 0.2) is 51.7 Å². The van der Waals surface area contributed by atoms with E-state index in [1.54, 1.807) is 11.8 Å². The van der Waals surface area contributed by atoms with Crippen molar-refractivity contribution in [3.8, 4) is 11.5 Å². The second kappa shape index (κ2) is 15.4. The molecule has 0 unspecified atom stereocenters. The molecule has 1 aliphatic carbocycles. The third-order valence-corrected chi connectivity index (χ3v) is 12.5. The van der Waals surface area contributed by atoms with E-state index in [9.17, 15) is 9.59 Å². The van der Waals surface area contributed by atoms with Crippen LogP contribution >= 0.6 is 44.1 Å². The summed E-state index contributed by atoms with van der Waals surface area (Å²) in [6.07, 6.45) is 4.79. The first-order chi connectivity index (χ1) is 21.2. The standard InChI is InChI=1S/C32H38IN5O4S2/c1-19(2)41-25-14-7-5-10-21(25)17-27(39)34-31-36-33-29(43-31)23-12-9-13-24(16-23)30-37-38-32(44-30)35-28(40)18-22-11-6-8-15-26(22)42-20(3)4/h5-8,10-11,14-15,19-20,23-24H,9,12-13,16-18H2,1-4H3,(H,34,36,39)(H,35,38,40)/t23-,24-/m0/s1. The molecule has 2 atom stereocenters. The predicted octanol–water partition coefficient (Wildman–Crippen LogP) is 7.04. The zero-order valence-electron chi connectivity index (χ0n) is 25.3. The van der Waals surface area contributed by atoms with Crippen molar-refractivity contribution in [1.29, 1.82) is 0 Å². The number of amidine groups is 1. The molecule has 234 valence electrons. The molecule has 2 aromatic carbocycles. The van der Waals surface area contributed by atoms with Crippen LogP contribution in [-0.4, -0.2) is 42.2 Å². The van der Waals surface area contributed by atoms with Crippen LogP contribution in [-0.2, 0) is 22.4 Å². The van der Waals surface area contributed by atoms with Crippen molar-refractivity contribution in [2.24, 2.45) is 9.12 Å². The molecule has 9 nitrogen and oxygen atoms in total. The minimum Gasteiger partial charge on any atom is -0.491 e. The fourth-order valence-electron chi connectivity index (χ4n) is 5.19. The molecular formula is C32H38IN5O4S2. The quantitative estimate of drug-likeness (QED) is 0.202. The summed E-state index contributed by atoms with van der Waals surface area (Å²) in [7, 11) is 0. The molecule has 0 spiro atoms. The van der Waals surface area contributed by atoms with E-state index in [0.717, 1.165) is 53.3 Å². The second-order valence-corrected chi connectivity index (χ2v) is 16.3. The van der Waals surface area contributed by atoms with E-state index in [0.29, 0.717) is 22.1 Å². The lowest BCUT2D eigenvalue weighted by molar-refractivity contribution is -0.119. The van der Waals surface area contributed by atoms with Gasteiger partial charge >= 0.3 is 0 Å². The third-order valence-electron chi connectivity index (χ3n) is 7.05. The SMILES string of the molecule is CC(C)Oc1ccccc1CC(=O)NC1=NI=C([C@H]2CCC[C@H](c3nnc(NC(=O)Cc4ccccc4OC(C)C)s3)C2)S1. The first-order valence-electron chi connectivity index (χ1n) is 14.9. The van der Waals surface area contributed by atoms with Crippen molar-refractivity contribution in [1.82, 2.24) is 15.5 Å². The number of thioether (sulfide) groups is 1. The number of hydrogen-bond acceptors (Lipinski definition) is 9. The zero-order chi connectivity index (χ0) is 31.1. The molecule has 5 rings (SSSR count). The van der Waals surface area contributed by atoms with Gasteiger partial charge in [0, 0.05) is 40.9 Å². The van der Waals surface area contributed by atoms with Crippen LogP contribution in [0.2, 0.25) is 0 Å². The Morgan fingerprint density at radius 1 is 0.864 bits per heavy atom. The van der Waals surface area contributed by atoms with Gasteiger partial charge in [-0.05, 0) is 76.8 Å². The van der Waals surface area contributed by atoms with Gasteiger partial charge in [-0.3, -0.25) is 9.59 Å². The van der Waals surface area contributed by atoms with E-state index >= 15 is 0 Å². The second-order valence-electron chi connectivity index (χ2n) is 11.4. The van der Waals surface area contributed by atoms with Gasteiger partial charge in [-0.15, -0.1) is 10.2 Å². The molecule has 2 aliphatic rings. The van der Waals surface area contributed by atoms with Crippen molar-refractivity contribution >= 4 is 69.1 Å². The Kier molecular flexibility index (Phi) is 11.4. The Bertz CT molecular complexity index is 1540. The number of rotatable bonds is 11. The number of anilines is 1. The highest BCUT2D eigenvalue weighted by atomic mass is 127. The van der Waals surface area contributed by atoms with Crippen molar-refractivity contribution < 1.29 is 19.1 Å². The van der Waals surface area contributed by atoms with Crippen LogP contribution in [0.1, 0.15) is 75.4 Å². The number of para-hydroxylation sites is 2. The van der Waals surface area contributed by atoms with Gasteiger partial charge in [0.2, 0.25) is 16.9 Å². The molecule has 12 heteroatoms. The molecule has 0 radical (unpaired) electrons. The topological polar surface area (TPSA) is 115 Å². The number of aromatic nitrogens is 2. The maximum atomic E-state index is 12.9. The smallest absolute Gasteiger partial charge is 0.230 e. The molecule has 0 bridgehead atoms. The Hall–Kier alpha value is -2.84. The highest BCUT2D eigenvalue weighted by molar-refractivity contribution is 14.2. The van der Waals surface area contributed by atoms with Crippen molar-refractivity contribution in [3.63, 3.8) is 0 Å². The van der Waals surface area contributed by atoms with Gasteiger partial charge in [-0.1, -0.05) is 54.2 Å². The van der Waals surface area contributed by atoms with E-state index < -0.39 is 21.0 Å². The fourth-order valence-corrected chi connectivity index (χ4v) is 10.1. The van der Waals surface area contributed by atoms with E-state index in [1.807, 2.05) is 76.2 Å². The van der Waals surface area contributed by atoms with E-state index in [-0.39, 0.29) is 36.9 Å². The van der Waals surface area contributed by atoms with E-state index in [2.05, 4.69) is 20.8 Å². The summed E-state index contributed by atoms with van der Waals surface area (Å²) >= 11 is 2.60. The minimum atomic E-state index is -0.502. The Morgan fingerprint density at radius 3 is 2.09 bits per heavy atom. The molecule has 1 aliphatic heterocycles. The predicted molar refractivity (Wildman–Crippen MR) is 187 cm³/mol. The average Bonchev–Trinajstić information content (AvgIpc) is 3.65. The van der Waals surface area contributed by atoms with Gasteiger partial charge < -0.3 is 20.1 Å². The Labute approximate surface area is 277 Å². The highest BCUT2D eigenvalue weighted by Gasteiger charge is 2.31. The summed E-state index contributed by atoms with van der Waals surface area (Å²) in [4.78, 5) is 25.7. The van der Waals surface area contributed by atoms with Gasteiger partial charge in [0.25, 0.3) is 0 Å². The van der Waals surface area contributed by atoms with Gasteiger partial charge in [-0.25, -0.2) is 0 Å². The monoisotopic (exact) mass is 747 g/mol. The van der Waals surface area contributed by atoms with Crippen LogP contribution in [0, 0.1) is 5.92 Å². The van der Waals surface area contributed by atoms with Crippen LogP contribution in [0.5, 0.6) is 11.5 Å². The van der Waals surface area contributed by atoms with Gasteiger partial charge in [-0.2, -0.15) is 3.21 Å². The van der Waals surface area contributed by atoms with Crippen LogP contribution in [0.25, 0.3) is 0 Å². The average molecular weight is 748 g/mol. The molecule has 1 aromatic heterocycles. The molecule has 0 saturated heterocycles. The number of nitrogens with one attached hydrogen (secondary N) is 2. The van der Waals surface area contributed by atoms with Crippen molar-refractivity contribution in [2.45, 2.75) is 84.3 Å². The Balaban J connectivity index is 1.11. The molecule has 44 heavy (non-hydrogen) atoms. The maximum Gasteiger partial charge on any atom is 0.230 e. The molecule has 1 fully saturated rings. The number of amides is 2. The number of nitrogens with zero attached hydrogens (tertiary/aromatic N) is 3. The molecule has 3 aromatic rings. The van der Waals surface area contributed by atoms with Gasteiger partial charge in [0.1, 0.15) is 16.5 Å². The number of ether oxygens (including phenoxy) is 2. The Morgan fingerprint density at radius 2 is 1.45 bits per heavy atom. The van der Waals surface area contributed by atoms with Crippen molar-refractivity contribution in [2.75, 3.05) is 5.32 Å². The lowest BCUT2D eigenvalue weighted by atomic mass is 9.83. The normalized spacial score (nSPS) is 18.3. The summed E-state index contributed by atoms with van der Waals surface area (Å²) in [5, 5.41) is 16.9.